The first-order chi connectivity index (χ1) is 8.56. The van der Waals surface area contributed by atoms with Crippen molar-refractivity contribution >= 4 is 17.3 Å². The van der Waals surface area contributed by atoms with E-state index in [1.165, 1.54) is 18.3 Å². The van der Waals surface area contributed by atoms with Crippen LogP contribution in [-0.4, -0.2) is 10.9 Å². The summed E-state index contributed by atoms with van der Waals surface area (Å²) >= 11 is 0. The van der Waals surface area contributed by atoms with Crippen molar-refractivity contribution in [1.82, 2.24) is 4.98 Å². The van der Waals surface area contributed by atoms with Crippen LogP contribution in [0.5, 0.6) is 0 Å². The number of nitrogens with two attached hydrogens (primary N) is 1. The number of halogens is 1. The smallest absolute Gasteiger partial charge is 0.274 e. The average molecular weight is 245 g/mol. The Bertz CT molecular complexity index is 581. The van der Waals surface area contributed by atoms with Crippen molar-refractivity contribution in [1.29, 1.82) is 0 Å². The van der Waals surface area contributed by atoms with Gasteiger partial charge in [0.05, 0.1) is 11.9 Å². The molecule has 0 saturated heterocycles. The van der Waals surface area contributed by atoms with Gasteiger partial charge in [-0.15, -0.1) is 0 Å². The van der Waals surface area contributed by atoms with Crippen molar-refractivity contribution in [2.45, 2.75) is 6.92 Å². The number of aromatic nitrogens is 1. The van der Waals surface area contributed by atoms with Crippen molar-refractivity contribution in [3.8, 4) is 0 Å². The van der Waals surface area contributed by atoms with Crippen LogP contribution in [0.4, 0.5) is 15.8 Å². The third kappa shape index (κ3) is 2.63. The monoisotopic (exact) mass is 245 g/mol. The standard InChI is InChI=1S/C13H12FN3O/c1-8-2-4-10(6-11(8)14)17-13(18)12-5-3-9(15)7-16-12/h2-7H,15H2,1H3,(H,17,18). The van der Waals surface area contributed by atoms with E-state index in [2.05, 4.69) is 10.3 Å². The average Bonchev–Trinajstić information content (AvgIpc) is 2.34. The van der Waals surface area contributed by atoms with E-state index >= 15 is 0 Å². The molecular weight excluding hydrogens is 233 g/mol. The van der Waals surface area contributed by atoms with Crippen LogP contribution in [0.1, 0.15) is 16.1 Å². The van der Waals surface area contributed by atoms with Crippen LogP contribution in [0.15, 0.2) is 36.5 Å². The second-order valence-corrected chi connectivity index (χ2v) is 3.89. The molecule has 0 aliphatic heterocycles. The highest BCUT2D eigenvalue weighted by Crippen LogP contribution is 2.14. The van der Waals surface area contributed by atoms with Crippen molar-refractivity contribution in [2.75, 3.05) is 11.1 Å². The fraction of sp³-hybridized carbons (Fsp3) is 0.0769. The number of aryl methyl sites for hydroxylation is 1. The van der Waals surface area contributed by atoms with Crippen LogP contribution in [0.2, 0.25) is 0 Å². The largest absolute Gasteiger partial charge is 0.397 e. The highest BCUT2D eigenvalue weighted by Gasteiger charge is 2.08. The van der Waals surface area contributed by atoms with E-state index in [9.17, 15) is 9.18 Å². The molecule has 18 heavy (non-hydrogen) atoms. The Kier molecular flexibility index (Phi) is 3.23. The number of carbonyl (C=O) groups excluding carboxylic acids is 1. The number of pyridine rings is 1. The van der Waals surface area contributed by atoms with Gasteiger partial charge in [0.2, 0.25) is 0 Å². The molecule has 3 N–H and O–H groups in total. The molecule has 92 valence electrons. The van der Waals surface area contributed by atoms with E-state index in [0.29, 0.717) is 16.9 Å². The Morgan fingerprint density at radius 1 is 1.33 bits per heavy atom. The Balaban J connectivity index is 2.16. The van der Waals surface area contributed by atoms with Gasteiger partial charge in [-0.1, -0.05) is 6.07 Å². The maximum atomic E-state index is 13.3. The molecule has 0 radical (unpaired) electrons. The first kappa shape index (κ1) is 12.0. The molecule has 5 heteroatoms. The molecule has 0 fully saturated rings. The van der Waals surface area contributed by atoms with Crippen LogP contribution in [0, 0.1) is 12.7 Å². The van der Waals surface area contributed by atoms with E-state index < -0.39 is 5.91 Å². The molecule has 1 aromatic heterocycles. The Hall–Kier alpha value is -2.43. The van der Waals surface area contributed by atoms with Crippen LogP contribution >= 0.6 is 0 Å². The van der Waals surface area contributed by atoms with Gasteiger partial charge in [0.25, 0.3) is 5.91 Å². The van der Waals surface area contributed by atoms with Gasteiger partial charge >= 0.3 is 0 Å². The maximum absolute atomic E-state index is 13.3. The van der Waals surface area contributed by atoms with Gasteiger partial charge in [-0.2, -0.15) is 0 Å². The third-order valence-corrected chi connectivity index (χ3v) is 2.45. The van der Waals surface area contributed by atoms with Crippen molar-refractivity contribution in [3.63, 3.8) is 0 Å². The first-order valence-electron chi connectivity index (χ1n) is 5.35. The lowest BCUT2D eigenvalue weighted by Crippen LogP contribution is -2.13. The van der Waals surface area contributed by atoms with E-state index in [-0.39, 0.29) is 11.5 Å². The molecule has 0 atom stereocenters. The van der Waals surface area contributed by atoms with Crippen LogP contribution in [-0.2, 0) is 0 Å². The summed E-state index contributed by atoms with van der Waals surface area (Å²) in [6.07, 6.45) is 1.39. The van der Waals surface area contributed by atoms with Crippen LogP contribution in [0.25, 0.3) is 0 Å². The van der Waals surface area contributed by atoms with Gasteiger partial charge in [0.1, 0.15) is 11.5 Å². The normalized spacial score (nSPS) is 10.1. The number of anilines is 2. The Labute approximate surface area is 104 Å². The zero-order valence-electron chi connectivity index (χ0n) is 9.77. The van der Waals surface area contributed by atoms with Gasteiger partial charge in [0.15, 0.2) is 0 Å². The Morgan fingerprint density at radius 3 is 2.72 bits per heavy atom. The lowest BCUT2D eigenvalue weighted by atomic mass is 10.2. The minimum Gasteiger partial charge on any atom is -0.397 e. The summed E-state index contributed by atoms with van der Waals surface area (Å²) in [6, 6.07) is 7.59. The minimum absolute atomic E-state index is 0.227. The maximum Gasteiger partial charge on any atom is 0.274 e. The van der Waals surface area contributed by atoms with Gasteiger partial charge in [-0.05, 0) is 36.8 Å². The molecule has 1 heterocycles. The molecule has 0 spiro atoms. The predicted octanol–water partition coefficient (Wildman–Crippen LogP) is 2.36. The molecule has 2 aromatic rings. The minimum atomic E-state index is -0.404. The second kappa shape index (κ2) is 4.83. The zero-order chi connectivity index (χ0) is 13.1. The fourth-order valence-corrected chi connectivity index (χ4v) is 1.41. The quantitative estimate of drug-likeness (QED) is 0.853. The summed E-state index contributed by atoms with van der Waals surface area (Å²) in [5.74, 6) is -0.767. The summed E-state index contributed by atoms with van der Waals surface area (Å²) in [5, 5.41) is 2.56. The van der Waals surface area contributed by atoms with Crippen molar-refractivity contribution in [3.05, 3.63) is 53.6 Å². The number of rotatable bonds is 2. The molecular formula is C13H12FN3O. The Morgan fingerprint density at radius 2 is 2.11 bits per heavy atom. The SMILES string of the molecule is Cc1ccc(NC(=O)c2ccc(N)cn2)cc1F. The highest BCUT2D eigenvalue weighted by molar-refractivity contribution is 6.02. The van der Waals surface area contributed by atoms with E-state index in [0.717, 1.165) is 0 Å². The topological polar surface area (TPSA) is 68.0 Å². The number of amides is 1. The predicted molar refractivity (Wildman–Crippen MR) is 67.7 cm³/mol. The van der Waals surface area contributed by atoms with Crippen LogP contribution < -0.4 is 11.1 Å². The van der Waals surface area contributed by atoms with Crippen LogP contribution in [0.3, 0.4) is 0 Å². The number of nitrogen functional groups attached to an aromatic ring is 1. The molecule has 2 rings (SSSR count). The van der Waals surface area contributed by atoms with E-state index in [1.807, 2.05) is 0 Å². The highest BCUT2D eigenvalue weighted by atomic mass is 19.1. The lowest BCUT2D eigenvalue weighted by Gasteiger charge is -2.06. The summed E-state index contributed by atoms with van der Waals surface area (Å²) in [6.45, 7) is 1.66. The third-order valence-electron chi connectivity index (χ3n) is 2.45. The number of nitrogens with one attached hydrogen (secondary N) is 1. The van der Waals surface area contributed by atoms with Gasteiger partial charge < -0.3 is 11.1 Å². The molecule has 0 aliphatic rings. The first-order valence-corrected chi connectivity index (χ1v) is 5.35. The number of benzene rings is 1. The molecule has 1 amide bonds. The van der Waals surface area contributed by atoms with Gasteiger partial charge in [-0.25, -0.2) is 9.37 Å². The number of hydrogen-bond acceptors (Lipinski definition) is 3. The second-order valence-electron chi connectivity index (χ2n) is 3.89. The van der Waals surface area contributed by atoms with Gasteiger partial charge in [0, 0.05) is 5.69 Å². The fourth-order valence-electron chi connectivity index (χ4n) is 1.41. The summed E-state index contributed by atoms with van der Waals surface area (Å²) in [5.41, 5.74) is 7.10. The van der Waals surface area contributed by atoms with Gasteiger partial charge in [-0.3, -0.25) is 4.79 Å². The zero-order valence-corrected chi connectivity index (χ0v) is 9.77. The summed E-state index contributed by atoms with van der Waals surface area (Å²) in [4.78, 5) is 15.7. The molecule has 0 aliphatic carbocycles. The van der Waals surface area contributed by atoms with E-state index in [4.69, 9.17) is 5.73 Å². The molecule has 0 bridgehead atoms. The summed E-state index contributed by atoms with van der Waals surface area (Å²) in [7, 11) is 0. The number of nitrogens with zero attached hydrogens (tertiary/aromatic N) is 1. The molecule has 1 aromatic carbocycles. The van der Waals surface area contributed by atoms with Crippen molar-refractivity contribution < 1.29 is 9.18 Å². The molecule has 0 saturated carbocycles. The van der Waals surface area contributed by atoms with E-state index in [1.54, 1.807) is 25.1 Å². The van der Waals surface area contributed by atoms with Crippen molar-refractivity contribution in [2.24, 2.45) is 0 Å². The molecule has 4 nitrogen and oxygen atoms in total. The number of hydrogen-bond donors (Lipinski definition) is 2. The number of carbonyl (C=O) groups is 1. The summed E-state index contributed by atoms with van der Waals surface area (Å²) < 4.78 is 13.3. The molecule has 0 unspecified atom stereocenters. The lowest BCUT2D eigenvalue weighted by molar-refractivity contribution is 0.102.